The number of hydrogen-bond acceptors (Lipinski definition) is 4. The largest absolute Gasteiger partial charge is 0.412 e. The molecule has 21 heavy (non-hydrogen) atoms. The summed E-state index contributed by atoms with van der Waals surface area (Å²) in [4.78, 5) is 11.9. The maximum absolute atomic E-state index is 12.8. The zero-order valence-electron chi connectivity index (χ0n) is 10.8. The van der Waals surface area contributed by atoms with Gasteiger partial charge >= 0.3 is 11.8 Å². The second-order valence-electron chi connectivity index (χ2n) is 4.24. The van der Waals surface area contributed by atoms with Crippen molar-refractivity contribution < 1.29 is 13.6 Å². The van der Waals surface area contributed by atoms with Gasteiger partial charge in [-0.1, -0.05) is 18.2 Å². The Labute approximate surface area is 119 Å². The van der Waals surface area contributed by atoms with Gasteiger partial charge in [0.15, 0.2) is 0 Å². The van der Waals surface area contributed by atoms with Gasteiger partial charge in [0.2, 0.25) is 5.89 Å². The Balaban J connectivity index is 1.78. The van der Waals surface area contributed by atoms with Gasteiger partial charge in [-0.15, -0.1) is 10.2 Å². The quantitative estimate of drug-likeness (QED) is 0.801. The molecule has 0 unspecified atom stereocenters. The first kappa shape index (κ1) is 13.0. The molecule has 0 aliphatic carbocycles. The highest BCUT2D eigenvalue weighted by atomic mass is 19.1. The molecule has 3 aromatic rings. The predicted molar refractivity (Wildman–Crippen MR) is 74.1 cm³/mol. The Bertz CT molecular complexity index is 754. The molecular formula is C15H10FN3O2. The number of nitrogens with zero attached hydrogens (tertiary/aromatic N) is 2. The molecule has 6 heteroatoms. The number of anilines is 1. The fourth-order valence-electron chi connectivity index (χ4n) is 1.73. The fourth-order valence-corrected chi connectivity index (χ4v) is 1.73. The third kappa shape index (κ3) is 2.94. The number of nitrogens with one attached hydrogen (secondary N) is 1. The molecule has 0 aliphatic rings. The van der Waals surface area contributed by atoms with Gasteiger partial charge in [0.1, 0.15) is 5.82 Å². The Morgan fingerprint density at radius 3 is 2.43 bits per heavy atom. The highest BCUT2D eigenvalue weighted by molar-refractivity contribution is 6.00. The zero-order valence-corrected chi connectivity index (χ0v) is 10.8. The first-order valence-electron chi connectivity index (χ1n) is 6.18. The summed E-state index contributed by atoms with van der Waals surface area (Å²) in [6.45, 7) is 0. The summed E-state index contributed by atoms with van der Waals surface area (Å²) < 4.78 is 18.1. The van der Waals surface area contributed by atoms with Crippen molar-refractivity contribution in [3.8, 4) is 11.5 Å². The van der Waals surface area contributed by atoms with E-state index in [1.54, 1.807) is 24.3 Å². The summed E-state index contributed by atoms with van der Waals surface area (Å²) >= 11 is 0. The van der Waals surface area contributed by atoms with Gasteiger partial charge in [0.05, 0.1) is 0 Å². The predicted octanol–water partition coefficient (Wildman–Crippen LogP) is 3.13. The monoisotopic (exact) mass is 283 g/mol. The number of aromatic nitrogens is 2. The first-order chi connectivity index (χ1) is 10.2. The summed E-state index contributed by atoms with van der Waals surface area (Å²) in [5, 5.41) is 10.1. The Morgan fingerprint density at radius 1 is 1.00 bits per heavy atom. The lowest BCUT2D eigenvalue weighted by molar-refractivity contribution is 0.0991. The van der Waals surface area contributed by atoms with Crippen LogP contribution in [0.25, 0.3) is 11.5 Å². The first-order valence-corrected chi connectivity index (χ1v) is 6.18. The molecule has 1 heterocycles. The molecule has 0 aliphatic heterocycles. The summed E-state index contributed by atoms with van der Waals surface area (Å²) in [6.07, 6.45) is 0. The lowest BCUT2D eigenvalue weighted by atomic mass is 10.2. The van der Waals surface area contributed by atoms with E-state index >= 15 is 0 Å². The van der Waals surface area contributed by atoms with Crippen LogP contribution in [-0.4, -0.2) is 16.1 Å². The van der Waals surface area contributed by atoms with Crippen molar-refractivity contribution in [3.63, 3.8) is 0 Å². The normalized spacial score (nSPS) is 10.3. The van der Waals surface area contributed by atoms with E-state index in [1.807, 2.05) is 6.07 Å². The number of rotatable bonds is 3. The molecule has 104 valence electrons. The van der Waals surface area contributed by atoms with E-state index in [-0.39, 0.29) is 17.6 Å². The third-order valence-corrected chi connectivity index (χ3v) is 2.74. The molecule has 5 nitrogen and oxygen atoms in total. The third-order valence-electron chi connectivity index (χ3n) is 2.74. The Morgan fingerprint density at radius 2 is 1.71 bits per heavy atom. The van der Waals surface area contributed by atoms with Crippen LogP contribution in [0, 0.1) is 5.82 Å². The van der Waals surface area contributed by atoms with Crippen LogP contribution >= 0.6 is 0 Å². The number of halogens is 1. The minimum atomic E-state index is -0.498. The molecule has 0 spiro atoms. The molecule has 2 aromatic carbocycles. The molecule has 1 aromatic heterocycles. The number of hydrogen-bond donors (Lipinski definition) is 1. The molecule has 0 saturated carbocycles. The van der Waals surface area contributed by atoms with E-state index in [4.69, 9.17) is 4.42 Å². The van der Waals surface area contributed by atoms with Crippen LogP contribution in [-0.2, 0) is 0 Å². The Kier molecular flexibility index (Phi) is 3.42. The number of carbonyl (C=O) groups excluding carboxylic acids is 1. The van der Waals surface area contributed by atoms with Crippen molar-refractivity contribution in [1.82, 2.24) is 10.2 Å². The van der Waals surface area contributed by atoms with E-state index in [9.17, 15) is 9.18 Å². The molecule has 3 rings (SSSR count). The van der Waals surface area contributed by atoms with E-state index in [1.165, 1.54) is 24.3 Å². The molecule has 0 bridgehead atoms. The minimum absolute atomic E-state index is 0.154. The summed E-state index contributed by atoms with van der Waals surface area (Å²) in [7, 11) is 0. The van der Waals surface area contributed by atoms with E-state index in [2.05, 4.69) is 15.5 Å². The van der Waals surface area contributed by atoms with Crippen LogP contribution in [0.2, 0.25) is 0 Å². The number of benzene rings is 2. The highest BCUT2D eigenvalue weighted by Gasteiger charge is 2.15. The lowest BCUT2D eigenvalue weighted by Gasteiger charge is -2.00. The van der Waals surface area contributed by atoms with Gasteiger partial charge in [-0.3, -0.25) is 4.79 Å². The number of amides is 1. The molecule has 0 fully saturated rings. The molecular weight excluding hydrogens is 273 g/mol. The zero-order chi connectivity index (χ0) is 14.7. The second-order valence-corrected chi connectivity index (χ2v) is 4.24. The second kappa shape index (κ2) is 5.54. The van der Waals surface area contributed by atoms with Gasteiger partial charge in [-0.25, -0.2) is 4.39 Å². The topological polar surface area (TPSA) is 68.0 Å². The molecule has 0 atom stereocenters. The van der Waals surface area contributed by atoms with Crippen LogP contribution in [0.1, 0.15) is 10.7 Å². The van der Waals surface area contributed by atoms with Crippen molar-refractivity contribution in [1.29, 1.82) is 0 Å². The number of para-hydroxylation sites is 1. The average Bonchev–Trinajstić information content (AvgIpc) is 2.99. The SMILES string of the molecule is O=C(Nc1ccccc1)c1nnc(-c2ccc(F)cc2)o1. The number of carbonyl (C=O) groups is 1. The van der Waals surface area contributed by atoms with Crippen LogP contribution in [0.4, 0.5) is 10.1 Å². The van der Waals surface area contributed by atoms with Gasteiger partial charge in [0.25, 0.3) is 0 Å². The molecule has 0 radical (unpaired) electrons. The van der Waals surface area contributed by atoms with Gasteiger partial charge < -0.3 is 9.73 Å². The summed E-state index contributed by atoms with van der Waals surface area (Å²) in [5.41, 5.74) is 1.17. The van der Waals surface area contributed by atoms with E-state index in [0.717, 1.165) is 0 Å². The van der Waals surface area contributed by atoms with E-state index < -0.39 is 5.91 Å². The van der Waals surface area contributed by atoms with Crippen molar-refractivity contribution in [3.05, 3.63) is 66.3 Å². The van der Waals surface area contributed by atoms with Crippen LogP contribution in [0.3, 0.4) is 0 Å². The van der Waals surface area contributed by atoms with Gasteiger partial charge in [-0.2, -0.15) is 0 Å². The molecule has 1 N–H and O–H groups in total. The van der Waals surface area contributed by atoms with Crippen LogP contribution in [0.15, 0.2) is 59.0 Å². The standard InChI is InChI=1S/C15H10FN3O2/c16-11-8-6-10(7-9-11)14-18-19-15(21-14)13(20)17-12-4-2-1-3-5-12/h1-9H,(H,17,20). The van der Waals surface area contributed by atoms with Gasteiger partial charge in [-0.05, 0) is 36.4 Å². The van der Waals surface area contributed by atoms with Gasteiger partial charge in [0, 0.05) is 11.3 Å². The fraction of sp³-hybridized carbons (Fsp3) is 0. The van der Waals surface area contributed by atoms with Crippen LogP contribution in [0.5, 0.6) is 0 Å². The molecule has 1 amide bonds. The minimum Gasteiger partial charge on any atom is -0.412 e. The van der Waals surface area contributed by atoms with Crippen molar-refractivity contribution in [2.45, 2.75) is 0 Å². The highest BCUT2D eigenvalue weighted by Crippen LogP contribution is 2.18. The maximum atomic E-state index is 12.8. The summed E-state index contributed by atoms with van der Waals surface area (Å²) in [5.74, 6) is -0.853. The smallest absolute Gasteiger partial charge is 0.313 e. The summed E-state index contributed by atoms with van der Waals surface area (Å²) in [6, 6.07) is 14.5. The lowest BCUT2D eigenvalue weighted by Crippen LogP contribution is -2.12. The molecule has 0 saturated heterocycles. The van der Waals surface area contributed by atoms with Crippen molar-refractivity contribution in [2.75, 3.05) is 5.32 Å². The average molecular weight is 283 g/mol. The van der Waals surface area contributed by atoms with Crippen LogP contribution < -0.4 is 5.32 Å². The Hall–Kier alpha value is -3.02. The van der Waals surface area contributed by atoms with Crippen molar-refractivity contribution >= 4 is 11.6 Å². The van der Waals surface area contributed by atoms with Crippen molar-refractivity contribution in [2.24, 2.45) is 0 Å². The van der Waals surface area contributed by atoms with E-state index in [0.29, 0.717) is 11.3 Å². The maximum Gasteiger partial charge on any atom is 0.313 e.